The van der Waals surface area contributed by atoms with Gasteiger partial charge < -0.3 is 15.4 Å². The van der Waals surface area contributed by atoms with E-state index in [9.17, 15) is 18.4 Å². The smallest absolute Gasteiger partial charge is 0.339 e. The molecule has 7 heteroatoms. The molecule has 0 saturated carbocycles. The van der Waals surface area contributed by atoms with Crippen molar-refractivity contribution < 1.29 is 23.1 Å². The van der Waals surface area contributed by atoms with Gasteiger partial charge >= 0.3 is 5.97 Å². The van der Waals surface area contributed by atoms with E-state index < -0.39 is 23.5 Å². The van der Waals surface area contributed by atoms with E-state index in [0.29, 0.717) is 22.6 Å². The van der Waals surface area contributed by atoms with Crippen LogP contribution in [0.4, 0.5) is 25.8 Å². The topological polar surface area (TPSA) is 67.4 Å². The van der Waals surface area contributed by atoms with Gasteiger partial charge in [0.05, 0.1) is 18.4 Å². The number of hydrogen-bond donors (Lipinski definition) is 2. The SMILES string of the molecule is COC(=O)c1ccccc1Nc1ccc(NC(=O)c2ccc(F)c(F)c2)cc1. The molecule has 3 aromatic rings. The Morgan fingerprint density at radius 2 is 1.54 bits per heavy atom. The molecule has 2 N–H and O–H groups in total. The summed E-state index contributed by atoms with van der Waals surface area (Å²) in [6.45, 7) is 0. The van der Waals surface area contributed by atoms with E-state index in [1.54, 1.807) is 48.5 Å². The highest BCUT2D eigenvalue weighted by Crippen LogP contribution is 2.23. The summed E-state index contributed by atoms with van der Waals surface area (Å²) in [5, 5.41) is 5.71. The van der Waals surface area contributed by atoms with Crippen LogP contribution in [0.25, 0.3) is 0 Å². The molecule has 0 saturated heterocycles. The standard InChI is InChI=1S/C21H16F2N2O3/c1-28-21(27)16-4-2-3-5-19(16)24-14-7-9-15(10-8-14)25-20(26)13-6-11-17(22)18(23)12-13/h2-12,24H,1H3,(H,25,26). The Bertz CT molecular complexity index is 1020. The number of ether oxygens (including phenoxy) is 1. The zero-order valence-corrected chi connectivity index (χ0v) is 14.8. The Balaban J connectivity index is 1.71. The van der Waals surface area contributed by atoms with Crippen molar-refractivity contribution in [2.24, 2.45) is 0 Å². The second-order valence-electron chi connectivity index (χ2n) is 5.82. The number of anilines is 3. The number of halogens is 2. The van der Waals surface area contributed by atoms with Gasteiger partial charge in [0, 0.05) is 16.9 Å². The maximum Gasteiger partial charge on any atom is 0.339 e. The summed E-state index contributed by atoms with van der Waals surface area (Å²) >= 11 is 0. The van der Waals surface area contributed by atoms with Crippen LogP contribution in [-0.4, -0.2) is 19.0 Å². The molecule has 0 aromatic heterocycles. The van der Waals surface area contributed by atoms with E-state index in [4.69, 9.17) is 4.74 Å². The zero-order chi connectivity index (χ0) is 20.1. The molecule has 0 bridgehead atoms. The minimum atomic E-state index is -1.09. The van der Waals surface area contributed by atoms with Gasteiger partial charge in [-0.3, -0.25) is 4.79 Å². The normalized spacial score (nSPS) is 10.2. The monoisotopic (exact) mass is 382 g/mol. The molecule has 0 radical (unpaired) electrons. The first-order chi connectivity index (χ1) is 13.5. The number of carbonyl (C=O) groups excluding carboxylic acids is 2. The molecule has 142 valence electrons. The van der Waals surface area contributed by atoms with E-state index in [1.165, 1.54) is 13.2 Å². The Morgan fingerprint density at radius 1 is 0.857 bits per heavy atom. The number of hydrogen-bond acceptors (Lipinski definition) is 4. The summed E-state index contributed by atoms with van der Waals surface area (Å²) in [6.07, 6.45) is 0. The van der Waals surface area contributed by atoms with Crippen molar-refractivity contribution in [2.45, 2.75) is 0 Å². The third kappa shape index (κ3) is 4.32. The van der Waals surface area contributed by atoms with E-state index in [-0.39, 0.29) is 5.56 Å². The van der Waals surface area contributed by atoms with Crippen LogP contribution in [0.1, 0.15) is 20.7 Å². The molecule has 3 rings (SSSR count). The predicted molar refractivity (Wildman–Crippen MR) is 102 cm³/mol. The number of para-hydroxylation sites is 1. The Hall–Kier alpha value is -3.74. The molecule has 0 atom stereocenters. The zero-order valence-electron chi connectivity index (χ0n) is 14.8. The number of methoxy groups -OCH3 is 1. The van der Waals surface area contributed by atoms with Crippen LogP contribution >= 0.6 is 0 Å². The first kappa shape index (κ1) is 19.0. The number of nitrogens with one attached hydrogen (secondary N) is 2. The van der Waals surface area contributed by atoms with Crippen LogP contribution in [0, 0.1) is 11.6 Å². The second kappa shape index (κ2) is 8.30. The fourth-order valence-electron chi connectivity index (χ4n) is 2.51. The minimum absolute atomic E-state index is 0.00751. The van der Waals surface area contributed by atoms with Gasteiger partial charge in [0.25, 0.3) is 5.91 Å². The lowest BCUT2D eigenvalue weighted by molar-refractivity contribution is 0.0601. The molecule has 1 amide bonds. The van der Waals surface area contributed by atoms with E-state index >= 15 is 0 Å². The lowest BCUT2D eigenvalue weighted by Crippen LogP contribution is -2.12. The molecule has 0 aliphatic rings. The van der Waals surface area contributed by atoms with Crippen LogP contribution in [-0.2, 0) is 4.74 Å². The van der Waals surface area contributed by atoms with Crippen molar-refractivity contribution in [1.29, 1.82) is 0 Å². The first-order valence-electron chi connectivity index (χ1n) is 8.29. The number of carbonyl (C=O) groups is 2. The molecule has 0 aliphatic carbocycles. The van der Waals surface area contributed by atoms with Crippen LogP contribution in [0.3, 0.4) is 0 Å². The molecule has 5 nitrogen and oxygen atoms in total. The molecule has 28 heavy (non-hydrogen) atoms. The quantitative estimate of drug-likeness (QED) is 0.625. The van der Waals surface area contributed by atoms with Crippen LogP contribution in [0.5, 0.6) is 0 Å². The molecule has 0 aliphatic heterocycles. The Morgan fingerprint density at radius 3 is 2.21 bits per heavy atom. The molecular weight excluding hydrogens is 366 g/mol. The van der Waals surface area contributed by atoms with Crippen molar-refractivity contribution in [3.8, 4) is 0 Å². The van der Waals surface area contributed by atoms with Crippen molar-refractivity contribution in [3.05, 3.63) is 89.5 Å². The van der Waals surface area contributed by atoms with Gasteiger partial charge in [0.15, 0.2) is 11.6 Å². The van der Waals surface area contributed by atoms with Gasteiger partial charge in [0.1, 0.15) is 0 Å². The molecular formula is C21H16F2N2O3. The Kier molecular flexibility index (Phi) is 5.64. The van der Waals surface area contributed by atoms with Gasteiger partial charge in [-0.25, -0.2) is 13.6 Å². The van der Waals surface area contributed by atoms with Crippen LogP contribution < -0.4 is 10.6 Å². The van der Waals surface area contributed by atoms with Crippen molar-refractivity contribution >= 4 is 28.9 Å². The summed E-state index contributed by atoms with van der Waals surface area (Å²) < 4.78 is 31.0. The van der Waals surface area contributed by atoms with E-state index in [0.717, 1.165) is 12.1 Å². The van der Waals surface area contributed by atoms with Crippen molar-refractivity contribution in [1.82, 2.24) is 0 Å². The first-order valence-corrected chi connectivity index (χ1v) is 8.29. The fraction of sp³-hybridized carbons (Fsp3) is 0.0476. The summed E-state index contributed by atoms with van der Waals surface area (Å²) in [5.41, 5.74) is 2.13. The summed E-state index contributed by atoms with van der Waals surface area (Å²) in [7, 11) is 1.31. The number of amides is 1. The Labute approximate surface area is 160 Å². The summed E-state index contributed by atoms with van der Waals surface area (Å²) in [6, 6.07) is 16.5. The highest BCUT2D eigenvalue weighted by Gasteiger charge is 2.12. The van der Waals surface area contributed by atoms with E-state index in [2.05, 4.69) is 10.6 Å². The largest absolute Gasteiger partial charge is 0.465 e. The molecule has 0 unspecified atom stereocenters. The van der Waals surface area contributed by atoms with Gasteiger partial charge in [-0.15, -0.1) is 0 Å². The van der Waals surface area contributed by atoms with Gasteiger partial charge in [-0.1, -0.05) is 12.1 Å². The highest BCUT2D eigenvalue weighted by atomic mass is 19.2. The van der Waals surface area contributed by atoms with Crippen LogP contribution in [0.2, 0.25) is 0 Å². The lowest BCUT2D eigenvalue weighted by Gasteiger charge is -2.11. The average molecular weight is 382 g/mol. The summed E-state index contributed by atoms with van der Waals surface area (Å²) in [4.78, 5) is 24.0. The fourth-order valence-corrected chi connectivity index (χ4v) is 2.51. The maximum atomic E-state index is 13.3. The lowest BCUT2D eigenvalue weighted by atomic mass is 10.1. The number of esters is 1. The number of benzene rings is 3. The second-order valence-corrected chi connectivity index (χ2v) is 5.82. The molecule has 0 spiro atoms. The average Bonchev–Trinajstić information content (AvgIpc) is 2.71. The van der Waals surface area contributed by atoms with Gasteiger partial charge in [-0.05, 0) is 54.6 Å². The van der Waals surface area contributed by atoms with Crippen LogP contribution in [0.15, 0.2) is 66.7 Å². The van der Waals surface area contributed by atoms with Crippen molar-refractivity contribution in [3.63, 3.8) is 0 Å². The van der Waals surface area contributed by atoms with Gasteiger partial charge in [0.2, 0.25) is 0 Å². The molecule has 0 fully saturated rings. The molecule has 3 aromatic carbocycles. The third-order valence-electron chi connectivity index (χ3n) is 3.94. The number of rotatable bonds is 5. The maximum absolute atomic E-state index is 13.3. The van der Waals surface area contributed by atoms with Crippen molar-refractivity contribution in [2.75, 3.05) is 17.7 Å². The van der Waals surface area contributed by atoms with Gasteiger partial charge in [-0.2, -0.15) is 0 Å². The predicted octanol–water partition coefficient (Wildman–Crippen LogP) is 4.75. The molecule has 0 heterocycles. The minimum Gasteiger partial charge on any atom is -0.465 e. The van der Waals surface area contributed by atoms with E-state index in [1.807, 2.05) is 0 Å². The highest BCUT2D eigenvalue weighted by molar-refractivity contribution is 6.04. The summed E-state index contributed by atoms with van der Waals surface area (Å²) in [5.74, 6) is -3.12. The third-order valence-corrected chi connectivity index (χ3v) is 3.94.